The third kappa shape index (κ3) is 5.37. The number of benzene rings is 2. The van der Waals surface area contributed by atoms with Crippen molar-refractivity contribution in [3.05, 3.63) is 82.9 Å². The van der Waals surface area contributed by atoms with Gasteiger partial charge in [-0.05, 0) is 13.8 Å². The first-order valence-corrected chi connectivity index (χ1v) is 11.3. The summed E-state index contributed by atoms with van der Waals surface area (Å²) in [6.45, 7) is 13.0. The fourth-order valence-corrected chi connectivity index (χ4v) is 3.07. The van der Waals surface area contributed by atoms with E-state index >= 15 is 0 Å². The second-order valence-electron chi connectivity index (χ2n) is 6.68. The third-order valence-corrected chi connectivity index (χ3v) is 4.50. The van der Waals surface area contributed by atoms with Gasteiger partial charge in [0, 0.05) is 35.4 Å². The maximum absolute atomic E-state index is 2.21. The van der Waals surface area contributed by atoms with Crippen molar-refractivity contribution in [2.75, 3.05) is 0 Å². The smallest absolute Gasteiger partial charge is 0.0213 e. The molecule has 0 nitrogen and oxygen atoms in total. The molecule has 0 saturated carbocycles. The van der Waals surface area contributed by atoms with E-state index in [4.69, 9.17) is 0 Å². The Kier molecular flexibility index (Phi) is 9.46. The molecule has 2 heteroatoms. The molecule has 0 unspecified atom stereocenters. The van der Waals surface area contributed by atoms with Crippen LogP contribution in [0.3, 0.4) is 0 Å². The van der Waals surface area contributed by atoms with Crippen molar-refractivity contribution in [2.45, 2.75) is 40.8 Å². The minimum absolute atomic E-state index is 0. The summed E-state index contributed by atoms with van der Waals surface area (Å²) >= 11 is 0. The van der Waals surface area contributed by atoms with Crippen molar-refractivity contribution in [1.29, 1.82) is 0 Å². The number of fused-ring (bicyclic) bond motifs is 2. The number of aryl methyl sites for hydroxylation is 4. The van der Waals surface area contributed by atoms with Gasteiger partial charge in [0.1, 0.15) is 0 Å². The van der Waals surface area contributed by atoms with Gasteiger partial charge in [0.25, 0.3) is 0 Å². The van der Waals surface area contributed by atoms with E-state index in [1.807, 2.05) is 0 Å². The van der Waals surface area contributed by atoms with Crippen LogP contribution in [0.4, 0.5) is 0 Å². The predicted molar refractivity (Wildman–Crippen MR) is 117 cm³/mol. The van der Waals surface area contributed by atoms with Crippen LogP contribution in [0.25, 0.3) is 21.5 Å². The molecule has 26 heavy (non-hydrogen) atoms. The van der Waals surface area contributed by atoms with Crippen LogP contribution in [-0.4, -0.2) is 9.52 Å². The van der Waals surface area contributed by atoms with Crippen LogP contribution in [0.1, 0.15) is 22.3 Å². The van der Waals surface area contributed by atoms with Gasteiger partial charge in [-0.3, -0.25) is 0 Å². The van der Waals surface area contributed by atoms with Gasteiger partial charge >= 0.3 is 0 Å². The molecule has 1 radical (unpaired) electrons. The fourth-order valence-electron chi connectivity index (χ4n) is 3.07. The minimum atomic E-state index is 0. The number of hydrogen-bond donors (Lipinski definition) is 0. The average Bonchev–Trinajstić information content (AvgIpc) is 3.26. The molecule has 0 saturated heterocycles. The van der Waals surface area contributed by atoms with Crippen LogP contribution in [0.15, 0.2) is 60.7 Å². The molecule has 0 amide bonds. The predicted octanol–water partition coefficient (Wildman–Crippen LogP) is 6.87. The number of rotatable bonds is 0. The van der Waals surface area contributed by atoms with Crippen molar-refractivity contribution >= 4 is 31.1 Å². The molecule has 0 N–H and O–H groups in total. The first-order chi connectivity index (χ1) is 12.0. The topological polar surface area (TPSA) is 0 Å². The summed E-state index contributed by atoms with van der Waals surface area (Å²) in [6.07, 6.45) is 0. The molecular formula is C24H29HfSi-2. The summed E-state index contributed by atoms with van der Waals surface area (Å²) in [6, 6.07) is 21.7. The van der Waals surface area contributed by atoms with Crippen LogP contribution < -0.4 is 0 Å². The molecule has 0 fully saturated rings. The fraction of sp³-hybridized carbons (Fsp3) is 0.250. The summed E-state index contributed by atoms with van der Waals surface area (Å²) in [7, 11) is 0.750. The maximum Gasteiger partial charge on any atom is 0.0213 e. The Labute approximate surface area is 180 Å². The molecule has 0 aromatic heterocycles. The Morgan fingerprint density at radius 2 is 0.885 bits per heavy atom. The van der Waals surface area contributed by atoms with Crippen molar-refractivity contribution < 1.29 is 25.8 Å². The zero-order valence-electron chi connectivity index (χ0n) is 16.9. The Bertz CT molecular complexity index is 793. The van der Waals surface area contributed by atoms with Gasteiger partial charge in [0.2, 0.25) is 0 Å². The monoisotopic (exact) mass is 525 g/mol. The molecule has 0 bridgehead atoms. The average molecular weight is 524 g/mol. The van der Waals surface area contributed by atoms with Crippen LogP contribution in [0.2, 0.25) is 13.1 Å². The molecule has 0 spiro atoms. The largest absolute Gasteiger partial charge is 0.168 e. The van der Waals surface area contributed by atoms with Gasteiger partial charge in [-0.2, -0.15) is 24.3 Å². The quantitative estimate of drug-likeness (QED) is 0.174. The van der Waals surface area contributed by atoms with Crippen LogP contribution in [-0.2, 0) is 25.8 Å². The van der Waals surface area contributed by atoms with Crippen molar-refractivity contribution in [3.63, 3.8) is 0 Å². The van der Waals surface area contributed by atoms with Crippen LogP contribution in [0.5, 0.6) is 0 Å². The normalized spacial score (nSPS) is 9.77. The van der Waals surface area contributed by atoms with Crippen molar-refractivity contribution in [3.8, 4) is 0 Å². The Morgan fingerprint density at radius 1 is 0.577 bits per heavy atom. The zero-order chi connectivity index (χ0) is 18.4. The second-order valence-corrected chi connectivity index (χ2v) is 7.84. The summed E-state index contributed by atoms with van der Waals surface area (Å²) in [4.78, 5) is 0. The minimum Gasteiger partial charge on any atom is -0.168 e. The third-order valence-electron chi connectivity index (χ3n) is 4.50. The summed E-state index contributed by atoms with van der Waals surface area (Å²) < 4.78 is 0. The molecule has 135 valence electrons. The zero-order valence-corrected chi connectivity index (χ0v) is 21.6. The maximum atomic E-state index is 2.21. The van der Waals surface area contributed by atoms with E-state index in [2.05, 4.69) is 101 Å². The molecule has 0 aliphatic heterocycles. The van der Waals surface area contributed by atoms with Crippen molar-refractivity contribution in [2.24, 2.45) is 0 Å². The van der Waals surface area contributed by atoms with Gasteiger partial charge in [-0.25, -0.2) is 0 Å². The Morgan fingerprint density at radius 3 is 1.19 bits per heavy atom. The Balaban J connectivity index is 0.000000219. The first kappa shape index (κ1) is 22.8. The molecule has 0 heterocycles. The van der Waals surface area contributed by atoms with Crippen molar-refractivity contribution in [1.82, 2.24) is 0 Å². The van der Waals surface area contributed by atoms with E-state index in [1.165, 1.54) is 43.8 Å². The van der Waals surface area contributed by atoms with E-state index in [-0.39, 0.29) is 25.8 Å². The van der Waals surface area contributed by atoms with E-state index in [1.54, 1.807) is 0 Å². The van der Waals surface area contributed by atoms with E-state index in [0.29, 0.717) is 0 Å². The van der Waals surface area contributed by atoms with E-state index in [9.17, 15) is 0 Å². The van der Waals surface area contributed by atoms with Gasteiger partial charge in [0.15, 0.2) is 0 Å². The summed E-state index contributed by atoms with van der Waals surface area (Å²) in [5.74, 6) is 0. The summed E-state index contributed by atoms with van der Waals surface area (Å²) in [5.41, 5.74) is 5.48. The molecular weight excluding hydrogens is 495 g/mol. The molecule has 0 aliphatic rings. The van der Waals surface area contributed by atoms with Gasteiger partial charge in [-0.1, -0.05) is 50.2 Å². The molecule has 0 aliphatic carbocycles. The van der Waals surface area contributed by atoms with Crippen LogP contribution >= 0.6 is 0 Å². The second kappa shape index (κ2) is 10.8. The SMILES string of the molecule is C[SiH]C.Cc1ccc(C)c2[cH-]ccc12.Cc1ccc(C)c2[cH-]ccc12.[Hf]. The first-order valence-electron chi connectivity index (χ1n) is 8.96. The van der Waals surface area contributed by atoms with Gasteiger partial charge in [0.05, 0.1) is 0 Å². The van der Waals surface area contributed by atoms with E-state index in [0.717, 1.165) is 9.52 Å². The van der Waals surface area contributed by atoms with E-state index < -0.39 is 0 Å². The molecule has 4 aromatic rings. The molecule has 0 atom stereocenters. The molecule has 4 aromatic carbocycles. The van der Waals surface area contributed by atoms with Gasteiger partial charge in [-0.15, -0.1) is 56.9 Å². The van der Waals surface area contributed by atoms with Crippen LogP contribution in [0, 0.1) is 27.7 Å². The molecule has 4 rings (SSSR count). The van der Waals surface area contributed by atoms with Gasteiger partial charge < -0.3 is 0 Å². The number of hydrogen-bond acceptors (Lipinski definition) is 0. The summed E-state index contributed by atoms with van der Waals surface area (Å²) in [5, 5.41) is 5.57. The Hall–Kier alpha value is -1.25. The standard InChI is InChI=1S/2C11H11.C2H7Si.Hf/c2*1-8-6-7-9(2)11-5-3-4-10(8)11;1-3-2;/h2*3-7H,1-2H3;3H,1-2H3;/q2*-1;;.